The zero-order chi connectivity index (χ0) is 17.9. The minimum atomic E-state index is -0.138. The second kappa shape index (κ2) is 7.43. The zero-order valence-electron chi connectivity index (χ0n) is 14.6. The number of carbonyl (C=O) groups excluding carboxylic acids is 1. The summed E-state index contributed by atoms with van der Waals surface area (Å²) in [6.07, 6.45) is 3.55. The molecule has 0 spiro atoms. The van der Waals surface area contributed by atoms with Gasteiger partial charge in [0.05, 0.1) is 12.6 Å². The number of carbonyl (C=O) groups is 1. The molecule has 0 saturated heterocycles. The van der Waals surface area contributed by atoms with Gasteiger partial charge >= 0.3 is 0 Å². The average Bonchev–Trinajstić information content (AvgIpc) is 3.37. The number of nitrogens with zero attached hydrogens (tertiary/aromatic N) is 1. The van der Waals surface area contributed by atoms with Crippen LogP contribution in [0.4, 0.5) is 5.82 Å². The number of thiophene rings is 1. The standard InChI is InChI=1S/C20H21N3O2S/c1-13-10-18(23-25-13)22-19(24)12-21-20(17-6-3-9-26-17)16-8-7-14-4-2-5-15(14)11-16/h3,6-11,20-21H,2,4-5,12H2,1H3,(H,22,23,24)/t20-/m1/s1. The third-order valence-corrected chi connectivity index (χ3v) is 5.58. The molecule has 0 fully saturated rings. The van der Waals surface area contributed by atoms with Gasteiger partial charge in [-0.05, 0) is 54.3 Å². The number of fused-ring (bicyclic) bond motifs is 1. The Balaban J connectivity index is 1.48. The Hall–Kier alpha value is -2.44. The van der Waals surface area contributed by atoms with Crippen molar-refractivity contribution in [3.05, 3.63) is 69.1 Å². The molecule has 0 bridgehead atoms. The Morgan fingerprint density at radius 2 is 2.15 bits per heavy atom. The van der Waals surface area contributed by atoms with Crippen molar-refractivity contribution in [2.24, 2.45) is 0 Å². The van der Waals surface area contributed by atoms with Gasteiger partial charge in [0.25, 0.3) is 0 Å². The van der Waals surface area contributed by atoms with Crippen LogP contribution in [0.25, 0.3) is 0 Å². The highest BCUT2D eigenvalue weighted by atomic mass is 32.1. The molecule has 1 aliphatic carbocycles. The van der Waals surface area contributed by atoms with Gasteiger partial charge < -0.3 is 9.84 Å². The van der Waals surface area contributed by atoms with Crippen molar-refractivity contribution in [2.75, 3.05) is 11.9 Å². The summed E-state index contributed by atoms with van der Waals surface area (Å²) in [5.41, 5.74) is 4.10. The largest absolute Gasteiger partial charge is 0.360 e. The van der Waals surface area contributed by atoms with E-state index in [1.807, 2.05) is 6.07 Å². The van der Waals surface area contributed by atoms with E-state index in [9.17, 15) is 4.79 Å². The molecule has 1 atom stereocenters. The van der Waals surface area contributed by atoms with Gasteiger partial charge in [-0.2, -0.15) is 0 Å². The molecular formula is C20H21N3O2S. The topological polar surface area (TPSA) is 67.2 Å². The lowest BCUT2D eigenvalue weighted by Gasteiger charge is -2.19. The highest BCUT2D eigenvalue weighted by Crippen LogP contribution is 2.30. The minimum absolute atomic E-state index is 0.00527. The summed E-state index contributed by atoms with van der Waals surface area (Å²) in [5.74, 6) is 0.975. The van der Waals surface area contributed by atoms with Crippen LogP contribution in [0.3, 0.4) is 0 Å². The summed E-state index contributed by atoms with van der Waals surface area (Å²) in [7, 11) is 0. The van der Waals surface area contributed by atoms with Crippen molar-refractivity contribution < 1.29 is 9.32 Å². The number of anilines is 1. The molecule has 0 unspecified atom stereocenters. The Bertz CT molecular complexity index is 902. The first-order valence-corrected chi connectivity index (χ1v) is 9.68. The van der Waals surface area contributed by atoms with E-state index < -0.39 is 0 Å². The fraction of sp³-hybridized carbons (Fsp3) is 0.300. The molecule has 26 heavy (non-hydrogen) atoms. The molecular weight excluding hydrogens is 346 g/mol. The van der Waals surface area contributed by atoms with Gasteiger partial charge in [0, 0.05) is 10.9 Å². The van der Waals surface area contributed by atoms with Gasteiger partial charge in [-0.25, -0.2) is 0 Å². The molecule has 0 radical (unpaired) electrons. The molecule has 4 rings (SSSR count). The zero-order valence-corrected chi connectivity index (χ0v) is 15.4. The smallest absolute Gasteiger partial charge is 0.239 e. The van der Waals surface area contributed by atoms with Crippen LogP contribution < -0.4 is 10.6 Å². The molecule has 0 aliphatic heterocycles. The summed E-state index contributed by atoms with van der Waals surface area (Å²) in [6.45, 7) is 1.99. The van der Waals surface area contributed by atoms with E-state index in [0.717, 1.165) is 6.42 Å². The number of amides is 1. The normalized spacial score (nSPS) is 14.2. The summed E-state index contributed by atoms with van der Waals surface area (Å²) < 4.78 is 4.98. The third-order valence-electron chi connectivity index (χ3n) is 4.65. The van der Waals surface area contributed by atoms with Crippen LogP contribution in [-0.2, 0) is 17.6 Å². The van der Waals surface area contributed by atoms with E-state index in [1.165, 1.54) is 34.4 Å². The molecule has 1 aromatic carbocycles. The van der Waals surface area contributed by atoms with Crippen molar-refractivity contribution in [3.8, 4) is 0 Å². The van der Waals surface area contributed by atoms with Gasteiger partial charge in [-0.15, -0.1) is 11.3 Å². The summed E-state index contributed by atoms with van der Waals surface area (Å²) in [6, 6.07) is 12.6. The van der Waals surface area contributed by atoms with Crippen molar-refractivity contribution in [3.63, 3.8) is 0 Å². The van der Waals surface area contributed by atoms with E-state index in [0.29, 0.717) is 11.6 Å². The van der Waals surface area contributed by atoms with Crippen LogP contribution in [-0.4, -0.2) is 17.6 Å². The van der Waals surface area contributed by atoms with Crippen molar-refractivity contribution in [1.29, 1.82) is 0 Å². The predicted molar refractivity (Wildman–Crippen MR) is 103 cm³/mol. The lowest BCUT2D eigenvalue weighted by molar-refractivity contribution is -0.115. The predicted octanol–water partition coefficient (Wildman–Crippen LogP) is 3.85. The molecule has 2 heterocycles. The number of benzene rings is 1. The highest BCUT2D eigenvalue weighted by molar-refractivity contribution is 7.10. The fourth-order valence-corrected chi connectivity index (χ4v) is 4.24. The highest BCUT2D eigenvalue weighted by Gasteiger charge is 2.19. The molecule has 0 saturated carbocycles. The van der Waals surface area contributed by atoms with E-state index in [-0.39, 0.29) is 18.5 Å². The molecule has 2 N–H and O–H groups in total. The molecule has 2 aromatic heterocycles. The molecule has 5 nitrogen and oxygen atoms in total. The van der Waals surface area contributed by atoms with E-state index in [4.69, 9.17) is 4.52 Å². The Kier molecular flexibility index (Phi) is 4.86. The Labute approximate surface area is 156 Å². The minimum Gasteiger partial charge on any atom is -0.360 e. The summed E-state index contributed by atoms with van der Waals surface area (Å²) in [4.78, 5) is 13.5. The second-order valence-electron chi connectivity index (χ2n) is 6.58. The van der Waals surface area contributed by atoms with E-state index in [2.05, 4.69) is 45.4 Å². The maximum atomic E-state index is 12.3. The SMILES string of the molecule is Cc1cc(NC(=O)CN[C@H](c2ccc3c(c2)CCC3)c2cccs2)no1. The number of hydrogen-bond acceptors (Lipinski definition) is 5. The van der Waals surface area contributed by atoms with Crippen molar-refractivity contribution in [1.82, 2.24) is 10.5 Å². The summed E-state index contributed by atoms with van der Waals surface area (Å²) >= 11 is 1.70. The molecule has 6 heteroatoms. The maximum Gasteiger partial charge on any atom is 0.239 e. The monoisotopic (exact) mass is 367 g/mol. The van der Waals surface area contributed by atoms with Crippen LogP contribution in [0.5, 0.6) is 0 Å². The third kappa shape index (κ3) is 3.71. The second-order valence-corrected chi connectivity index (χ2v) is 7.56. The van der Waals surface area contributed by atoms with Gasteiger partial charge in [-0.1, -0.05) is 29.4 Å². The number of nitrogens with one attached hydrogen (secondary N) is 2. The lowest BCUT2D eigenvalue weighted by Crippen LogP contribution is -2.31. The van der Waals surface area contributed by atoms with Gasteiger partial charge in [0.1, 0.15) is 5.76 Å². The maximum absolute atomic E-state index is 12.3. The first kappa shape index (κ1) is 17.0. The van der Waals surface area contributed by atoms with Gasteiger partial charge in [-0.3, -0.25) is 10.1 Å². The quantitative estimate of drug-likeness (QED) is 0.694. The van der Waals surface area contributed by atoms with Crippen LogP contribution in [0.15, 0.2) is 46.3 Å². The van der Waals surface area contributed by atoms with Crippen LogP contribution in [0.1, 0.15) is 39.8 Å². The van der Waals surface area contributed by atoms with Crippen LogP contribution >= 0.6 is 11.3 Å². The number of aromatic nitrogens is 1. The van der Waals surface area contributed by atoms with Crippen molar-refractivity contribution in [2.45, 2.75) is 32.2 Å². The number of aryl methyl sites for hydroxylation is 3. The van der Waals surface area contributed by atoms with Gasteiger partial charge in [0.2, 0.25) is 5.91 Å². The lowest BCUT2D eigenvalue weighted by atomic mass is 10.00. The Morgan fingerprint density at radius 3 is 2.92 bits per heavy atom. The van der Waals surface area contributed by atoms with E-state index >= 15 is 0 Å². The molecule has 3 aromatic rings. The average molecular weight is 367 g/mol. The van der Waals surface area contributed by atoms with Crippen molar-refractivity contribution >= 4 is 23.1 Å². The first-order chi connectivity index (χ1) is 12.7. The first-order valence-electron chi connectivity index (χ1n) is 8.81. The van der Waals surface area contributed by atoms with Gasteiger partial charge in [0.15, 0.2) is 5.82 Å². The summed E-state index contributed by atoms with van der Waals surface area (Å²) in [5, 5.41) is 12.0. The van der Waals surface area contributed by atoms with E-state index in [1.54, 1.807) is 24.3 Å². The number of hydrogen-bond donors (Lipinski definition) is 2. The molecule has 1 amide bonds. The molecule has 134 valence electrons. The fourth-order valence-electron chi connectivity index (χ4n) is 3.42. The van der Waals surface area contributed by atoms with Crippen LogP contribution in [0, 0.1) is 6.92 Å². The number of rotatable bonds is 6. The molecule has 1 aliphatic rings. The Morgan fingerprint density at radius 1 is 1.27 bits per heavy atom. The van der Waals surface area contributed by atoms with Crippen LogP contribution in [0.2, 0.25) is 0 Å².